The molecule has 1 aliphatic rings. The van der Waals surface area contributed by atoms with Crippen molar-refractivity contribution in [1.82, 2.24) is 10.0 Å². The van der Waals surface area contributed by atoms with Crippen LogP contribution >= 0.6 is 0 Å². The number of hydrogen-bond donors (Lipinski definition) is 3. The van der Waals surface area contributed by atoms with E-state index in [0.717, 1.165) is 22.8 Å². The zero-order valence-corrected chi connectivity index (χ0v) is 19.7. The summed E-state index contributed by atoms with van der Waals surface area (Å²) >= 11 is 0. The van der Waals surface area contributed by atoms with Gasteiger partial charge in [0.1, 0.15) is 4.90 Å². The number of hydrogen-bond acceptors (Lipinski definition) is 5. The molecule has 1 heterocycles. The minimum Gasteiger partial charge on any atom is -0.481 e. The van der Waals surface area contributed by atoms with E-state index in [4.69, 9.17) is 0 Å². The maximum Gasteiger partial charge on any atom is 0.306 e. The number of carboxylic acid groups (broad SMARTS) is 1. The summed E-state index contributed by atoms with van der Waals surface area (Å²) in [6, 6.07) is 21.0. The van der Waals surface area contributed by atoms with Gasteiger partial charge in [0.15, 0.2) is 0 Å². The highest BCUT2D eigenvalue weighted by atomic mass is 32.2. The van der Waals surface area contributed by atoms with Crippen LogP contribution in [0.1, 0.15) is 39.6 Å². The van der Waals surface area contributed by atoms with Crippen LogP contribution in [0.4, 0.5) is 0 Å². The molecule has 0 saturated heterocycles. The number of benzene rings is 3. The fourth-order valence-corrected chi connectivity index (χ4v) is 5.24. The van der Waals surface area contributed by atoms with Gasteiger partial charge in [-0.25, -0.2) is 13.1 Å². The van der Waals surface area contributed by atoms with Gasteiger partial charge in [0.05, 0.1) is 11.5 Å². The average molecular weight is 493 g/mol. The number of amides is 2. The van der Waals surface area contributed by atoms with E-state index in [2.05, 4.69) is 5.32 Å². The Bertz CT molecular complexity index is 1390. The summed E-state index contributed by atoms with van der Waals surface area (Å²) in [6.07, 6.45) is 0.576. The van der Waals surface area contributed by atoms with Gasteiger partial charge in [-0.2, -0.15) is 0 Å². The summed E-state index contributed by atoms with van der Waals surface area (Å²) in [6.45, 7) is 1.57. The zero-order chi connectivity index (χ0) is 25.2. The van der Waals surface area contributed by atoms with E-state index in [9.17, 15) is 27.9 Å². The second kappa shape index (κ2) is 9.71. The molecule has 1 aliphatic heterocycles. The van der Waals surface area contributed by atoms with Crippen LogP contribution in [0, 0.1) is 5.92 Å². The van der Waals surface area contributed by atoms with E-state index in [1.807, 2.05) is 59.3 Å². The Balaban J connectivity index is 1.54. The number of aliphatic carboxylic acids is 1. The second-order valence-corrected chi connectivity index (χ2v) is 10.2. The maximum atomic E-state index is 13.0. The van der Waals surface area contributed by atoms with E-state index in [-0.39, 0.29) is 22.4 Å². The van der Waals surface area contributed by atoms with Gasteiger partial charge < -0.3 is 10.4 Å². The lowest BCUT2D eigenvalue weighted by molar-refractivity contribution is -0.141. The average Bonchev–Trinajstić information content (AvgIpc) is 3.07. The lowest BCUT2D eigenvalue weighted by Crippen LogP contribution is -2.38. The van der Waals surface area contributed by atoms with Gasteiger partial charge in [0.25, 0.3) is 21.8 Å². The van der Waals surface area contributed by atoms with Crippen LogP contribution in [0.3, 0.4) is 0 Å². The second-order valence-electron chi connectivity index (χ2n) is 8.56. The molecule has 0 radical (unpaired) electrons. The van der Waals surface area contributed by atoms with Crippen LogP contribution in [0.15, 0.2) is 77.7 Å². The third-order valence-electron chi connectivity index (χ3n) is 5.94. The molecule has 0 saturated carbocycles. The van der Waals surface area contributed by atoms with Gasteiger partial charge in [-0.15, -0.1) is 0 Å². The Morgan fingerprint density at radius 3 is 2.29 bits per heavy atom. The van der Waals surface area contributed by atoms with Crippen LogP contribution in [-0.4, -0.2) is 37.3 Å². The zero-order valence-electron chi connectivity index (χ0n) is 18.9. The van der Waals surface area contributed by atoms with Crippen molar-refractivity contribution in [2.75, 3.05) is 0 Å². The van der Waals surface area contributed by atoms with Crippen LogP contribution in [0.2, 0.25) is 0 Å². The maximum absolute atomic E-state index is 13.0. The van der Waals surface area contributed by atoms with E-state index >= 15 is 0 Å². The van der Waals surface area contributed by atoms with E-state index < -0.39 is 39.8 Å². The molecule has 0 aliphatic carbocycles. The largest absolute Gasteiger partial charge is 0.481 e. The van der Waals surface area contributed by atoms with Gasteiger partial charge in [-0.05, 0) is 47.7 Å². The van der Waals surface area contributed by atoms with Gasteiger partial charge in [-0.3, -0.25) is 14.4 Å². The normalized spacial score (nSPS) is 15.5. The lowest BCUT2D eigenvalue weighted by Gasteiger charge is -2.21. The van der Waals surface area contributed by atoms with Crippen LogP contribution in [0.5, 0.6) is 0 Å². The van der Waals surface area contributed by atoms with Crippen molar-refractivity contribution in [3.63, 3.8) is 0 Å². The molecule has 4 rings (SSSR count). The smallest absolute Gasteiger partial charge is 0.306 e. The molecule has 0 bridgehead atoms. The van der Waals surface area contributed by atoms with Gasteiger partial charge >= 0.3 is 5.97 Å². The number of fused-ring (bicyclic) bond motifs is 1. The number of carbonyl (C=O) groups is 3. The molecule has 35 heavy (non-hydrogen) atoms. The molecule has 0 unspecified atom stereocenters. The Morgan fingerprint density at radius 2 is 1.63 bits per heavy atom. The van der Waals surface area contributed by atoms with Crippen molar-refractivity contribution in [1.29, 1.82) is 0 Å². The molecule has 8 nitrogen and oxygen atoms in total. The van der Waals surface area contributed by atoms with Gasteiger partial charge in [0, 0.05) is 11.6 Å². The number of carboxylic acids is 1. The monoisotopic (exact) mass is 492 g/mol. The number of sulfonamides is 1. The third kappa shape index (κ3) is 5.41. The molecule has 180 valence electrons. The molecule has 2 atom stereocenters. The number of carbonyl (C=O) groups excluding carboxylic acids is 2. The predicted octanol–water partition coefficient (Wildman–Crippen LogP) is 3.24. The minimum absolute atomic E-state index is 0.0175. The van der Waals surface area contributed by atoms with Crippen LogP contribution in [0.25, 0.3) is 11.1 Å². The molecule has 3 aromatic carbocycles. The molecule has 3 N–H and O–H groups in total. The molecule has 0 spiro atoms. The molecular weight excluding hydrogens is 468 g/mol. The Hall–Kier alpha value is -3.98. The van der Waals surface area contributed by atoms with Crippen molar-refractivity contribution in [2.24, 2.45) is 5.92 Å². The topological polar surface area (TPSA) is 130 Å². The van der Waals surface area contributed by atoms with Crippen molar-refractivity contribution < 1.29 is 27.9 Å². The Morgan fingerprint density at radius 1 is 0.971 bits per heavy atom. The molecule has 9 heteroatoms. The highest BCUT2D eigenvalue weighted by Crippen LogP contribution is 2.24. The highest BCUT2D eigenvalue weighted by molar-refractivity contribution is 7.90. The summed E-state index contributed by atoms with van der Waals surface area (Å²) in [4.78, 5) is 36.0. The summed E-state index contributed by atoms with van der Waals surface area (Å²) in [5, 5.41) is 12.2. The fourth-order valence-electron chi connectivity index (χ4n) is 4.04. The summed E-state index contributed by atoms with van der Waals surface area (Å²) in [5.41, 5.74) is 3.07. The quantitative estimate of drug-likeness (QED) is 0.443. The van der Waals surface area contributed by atoms with Crippen molar-refractivity contribution in [2.45, 2.75) is 30.7 Å². The van der Waals surface area contributed by atoms with Gasteiger partial charge in [0.2, 0.25) is 0 Å². The summed E-state index contributed by atoms with van der Waals surface area (Å²) < 4.78 is 26.1. The van der Waals surface area contributed by atoms with E-state index in [0.29, 0.717) is 6.42 Å². The van der Waals surface area contributed by atoms with Crippen molar-refractivity contribution >= 4 is 27.8 Å². The Labute approximate surface area is 203 Å². The van der Waals surface area contributed by atoms with E-state index in [1.54, 1.807) is 6.92 Å². The Kier molecular flexibility index (Phi) is 6.70. The summed E-state index contributed by atoms with van der Waals surface area (Å²) in [7, 11) is -4.00. The van der Waals surface area contributed by atoms with Crippen molar-refractivity contribution in [3.05, 3.63) is 89.5 Å². The van der Waals surface area contributed by atoms with Crippen molar-refractivity contribution in [3.8, 4) is 11.1 Å². The highest BCUT2D eigenvalue weighted by Gasteiger charge is 2.33. The summed E-state index contributed by atoms with van der Waals surface area (Å²) in [5.74, 6) is -2.96. The fraction of sp³-hybridized carbons (Fsp3) is 0.192. The van der Waals surface area contributed by atoms with E-state index in [1.165, 1.54) is 12.1 Å². The SMILES string of the molecule is C[C@H](C[C@@H](Cc1ccc(-c2ccccc2)cc1)NC(=O)c1ccc2c(c1)S(=O)(=O)NC2=O)C(=O)O. The third-order valence-corrected chi connectivity index (χ3v) is 7.31. The number of nitrogens with one attached hydrogen (secondary N) is 2. The first-order chi connectivity index (χ1) is 16.6. The van der Waals surface area contributed by atoms with Gasteiger partial charge in [-0.1, -0.05) is 61.5 Å². The lowest BCUT2D eigenvalue weighted by atomic mass is 9.94. The standard InChI is InChI=1S/C26H24N2O6S/c1-16(26(31)32)13-21(14-17-7-9-19(10-8-17)18-5-3-2-4-6-18)27-24(29)20-11-12-22-23(15-20)35(33,34)28-25(22)30/h2-12,15-16,21H,13-14H2,1H3,(H,27,29)(H,28,30)(H,31,32)/t16-,21+/m1/s1. The molecule has 2 amide bonds. The molecule has 3 aromatic rings. The first-order valence-electron chi connectivity index (χ1n) is 11.0. The first-order valence-corrected chi connectivity index (χ1v) is 12.5. The molecule has 0 fully saturated rings. The first kappa shape index (κ1) is 24.2. The predicted molar refractivity (Wildman–Crippen MR) is 129 cm³/mol. The molecular formula is C26H24N2O6S. The molecule has 0 aromatic heterocycles. The van der Waals surface area contributed by atoms with Crippen LogP contribution < -0.4 is 10.0 Å². The number of rotatable bonds is 8. The minimum atomic E-state index is -4.00. The van der Waals surface area contributed by atoms with Crippen LogP contribution in [-0.2, 0) is 21.2 Å².